The fourth-order valence-corrected chi connectivity index (χ4v) is 4.63. The Morgan fingerprint density at radius 1 is 0.609 bits per heavy atom. The van der Waals surface area contributed by atoms with Crippen LogP contribution in [-0.4, -0.2) is 11.2 Å². The third kappa shape index (κ3) is 6.07. The molecular weight excluding hydrogens is 280 g/mol. The van der Waals surface area contributed by atoms with Gasteiger partial charge in [0, 0.05) is 0 Å². The summed E-state index contributed by atoms with van der Waals surface area (Å²) in [5, 5.41) is 0. The van der Waals surface area contributed by atoms with Crippen LogP contribution in [-0.2, 0) is 4.74 Å². The molecule has 0 aromatic heterocycles. The van der Waals surface area contributed by atoms with Crippen molar-refractivity contribution in [3.63, 3.8) is 0 Å². The molecule has 4 atom stereocenters. The van der Waals surface area contributed by atoms with Gasteiger partial charge in [-0.2, -0.15) is 0 Å². The minimum absolute atomic E-state index is 0.0674. The van der Waals surface area contributed by atoms with E-state index in [0.29, 0.717) is 11.8 Å². The predicted molar refractivity (Wildman–Crippen MR) is 105 cm³/mol. The second-order valence-corrected chi connectivity index (χ2v) is 7.82. The Labute approximate surface area is 148 Å². The van der Waals surface area contributed by atoms with E-state index in [1.165, 1.54) is 51.4 Å². The van der Waals surface area contributed by atoms with Gasteiger partial charge < -0.3 is 4.74 Å². The molecule has 0 aromatic rings. The Morgan fingerprint density at radius 2 is 0.957 bits per heavy atom. The quantitative estimate of drug-likeness (QED) is 0.317. The standard InChI is InChI=1S/C22H46O/c1-9-15-19(7)21(13-5,17-11-3)23-22(14-6,18-12-4)20(8)16-10-2/h19-20H,9-18H2,1-8H3. The monoisotopic (exact) mass is 326 g/mol. The molecule has 0 spiro atoms. The van der Waals surface area contributed by atoms with Gasteiger partial charge in [0.25, 0.3) is 0 Å². The van der Waals surface area contributed by atoms with Gasteiger partial charge in [0.1, 0.15) is 0 Å². The molecule has 0 fully saturated rings. The summed E-state index contributed by atoms with van der Waals surface area (Å²) >= 11 is 0. The highest BCUT2D eigenvalue weighted by Gasteiger charge is 2.44. The van der Waals surface area contributed by atoms with Gasteiger partial charge in [-0.3, -0.25) is 0 Å². The van der Waals surface area contributed by atoms with Gasteiger partial charge in [-0.05, 0) is 50.4 Å². The van der Waals surface area contributed by atoms with Gasteiger partial charge in [0.2, 0.25) is 0 Å². The highest BCUT2D eigenvalue weighted by Crippen LogP contribution is 2.44. The summed E-state index contributed by atoms with van der Waals surface area (Å²) in [7, 11) is 0. The van der Waals surface area contributed by atoms with E-state index in [9.17, 15) is 0 Å². The van der Waals surface area contributed by atoms with Gasteiger partial charge in [0.05, 0.1) is 11.2 Å². The zero-order valence-corrected chi connectivity index (χ0v) is 17.6. The van der Waals surface area contributed by atoms with Crippen LogP contribution in [0.3, 0.4) is 0 Å². The maximum absolute atomic E-state index is 7.23. The maximum atomic E-state index is 7.23. The summed E-state index contributed by atoms with van der Waals surface area (Å²) in [5.41, 5.74) is 0.135. The van der Waals surface area contributed by atoms with Crippen LogP contribution in [0.5, 0.6) is 0 Å². The Bertz CT molecular complexity index is 260. The Hall–Kier alpha value is -0.0400. The van der Waals surface area contributed by atoms with Gasteiger partial charge in [-0.1, -0.05) is 81.1 Å². The first-order valence-corrected chi connectivity index (χ1v) is 10.6. The van der Waals surface area contributed by atoms with Crippen molar-refractivity contribution in [3.8, 4) is 0 Å². The number of hydrogen-bond acceptors (Lipinski definition) is 1. The first kappa shape index (κ1) is 23.0. The molecule has 1 nitrogen and oxygen atoms in total. The van der Waals surface area contributed by atoms with Crippen molar-refractivity contribution in [2.75, 3.05) is 0 Å². The lowest BCUT2D eigenvalue weighted by Gasteiger charge is -2.50. The molecule has 0 aliphatic carbocycles. The van der Waals surface area contributed by atoms with E-state index >= 15 is 0 Å². The third-order valence-corrected chi connectivity index (χ3v) is 6.19. The van der Waals surface area contributed by atoms with E-state index in [1.54, 1.807) is 0 Å². The first-order valence-electron chi connectivity index (χ1n) is 10.6. The number of rotatable bonds is 14. The highest BCUT2D eigenvalue weighted by atomic mass is 16.5. The maximum Gasteiger partial charge on any atom is 0.0712 e. The molecule has 0 rings (SSSR count). The van der Waals surface area contributed by atoms with Crippen LogP contribution < -0.4 is 0 Å². The average Bonchev–Trinajstić information content (AvgIpc) is 2.54. The van der Waals surface area contributed by atoms with Crippen molar-refractivity contribution in [1.82, 2.24) is 0 Å². The number of ether oxygens (including phenoxy) is 1. The molecule has 0 saturated heterocycles. The van der Waals surface area contributed by atoms with Crippen molar-refractivity contribution in [3.05, 3.63) is 0 Å². The van der Waals surface area contributed by atoms with Crippen LogP contribution in [0.25, 0.3) is 0 Å². The van der Waals surface area contributed by atoms with Crippen LogP contribution in [0.4, 0.5) is 0 Å². The molecule has 0 aromatic carbocycles. The van der Waals surface area contributed by atoms with Crippen molar-refractivity contribution in [1.29, 1.82) is 0 Å². The summed E-state index contributed by atoms with van der Waals surface area (Å²) in [6.07, 6.45) is 12.2. The smallest absolute Gasteiger partial charge is 0.0712 e. The first-order chi connectivity index (χ1) is 10.9. The van der Waals surface area contributed by atoms with Crippen LogP contribution >= 0.6 is 0 Å². The fraction of sp³-hybridized carbons (Fsp3) is 1.00. The second kappa shape index (κ2) is 11.5. The molecule has 0 heterocycles. The summed E-state index contributed by atoms with van der Waals surface area (Å²) < 4.78 is 7.23. The van der Waals surface area contributed by atoms with Crippen molar-refractivity contribution >= 4 is 0 Å². The molecule has 23 heavy (non-hydrogen) atoms. The molecule has 0 aliphatic rings. The third-order valence-electron chi connectivity index (χ3n) is 6.19. The summed E-state index contributed by atoms with van der Waals surface area (Å²) in [5.74, 6) is 1.29. The summed E-state index contributed by atoms with van der Waals surface area (Å²) in [6, 6.07) is 0. The van der Waals surface area contributed by atoms with Crippen LogP contribution in [0.1, 0.15) is 120 Å². The summed E-state index contributed by atoms with van der Waals surface area (Å²) in [6.45, 7) is 18.8. The minimum atomic E-state index is 0.0674. The number of hydrogen-bond donors (Lipinski definition) is 0. The van der Waals surface area contributed by atoms with Gasteiger partial charge >= 0.3 is 0 Å². The van der Waals surface area contributed by atoms with Crippen molar-refractivity contribution < 1.29 is 4.74 Å². The predicted octanol–water partition coefficient (Wildman–Crippen LogP) is 7.77. The van der Waals surface area contributed by atoms with E-state index in [1.807, 2.05) is 0 Å². The normalized spacial score (nSPS) is 19.8. The Balaban J connectivity index is 5.64. The van der Waals surface area contributed by atoms with Gasteiger partial charge in [-0.25, -0.2) is 0 Å². The minimum Gasteiger partial charge on any atom is -0.368 e. The van der Waals surface area contributed by atoms with E-state index in [-0.39, 0.29) is 11.2 Å². The van der Waals surface area contributed by atoms with Crippen LogP contribution in [0, 0.1) is 11.8 Å². The molecule has 0 radical (unpaired) electrons. The average molecular weight is 327 g/mol. The molecule has 140 valence electrons. The molecule has 0 saturated carbocycles. The van der Waals surface area contributed by atoms with Gasteiger partial charge in [0.15, 0.2) is 0 Å². The van der Waals surface area contributed by atoms with Crippen molar-refractivity contribution in [2.24, 2.45) is 11.8 Å². The largest absolute Gasteiger partial charge is 0.368 e. The second-order valence-electron chi connectivity index (χ2n) is 7.82. The van der Waals surface area contributed by atoms with Crippen LogP contribution in [0.2, 0.25) is 0 Å². The molecular formula is C22H46O. The molecule has 0 amide bonds. The molecule has 0 aliphatic heterocycles. The SMILES string of the molecule is CCCC(C)C(CC)(CCC)OC(CC)(CCC)C(C)CCC. The molecule has 1 heteroatoms. The zero-order valence-electron chi connectivity index (χ0n) is 17.6. The lowest BCUT2D eigenvalue weighted by molar-refractivity contribution is -0.212. The van der Waals surface area contributed by atoms with E-state index in [0.717, 1.165) is 12.8 Å². The lowest BCUT2D eigenvalue weighted by Crippen LogP contribution is -2.51. The van der Waals surface area contributed by atoms with Crippen LogP contribution in [0.15, 0.2) is 0 Å². The lowest BCUT2D eigenvalue weighted by atomic mass is 9.75. The van der Waals surface area contributed by atoms with E-state index < -0.39 is 0 Å². The van der Waals surface area contributed by atoms with E-state index in [2.05, 4.69) is 55.4 Å². The highest BCUT2D eigenvalue weighted by molar-refractivity contribution is 4.93. The zero-order chi connectivity index (χ0) is 17.9. The fourth-order valence-electron chi connectivity index (χ4n) is 4.63. The molecule has 0 bridgehead atoms. The topological polar surface area (TPSA) is 9.23 Å². The van der Waals surface area contributed by atoms with Crippen molar-refractivity contribution in [2.45, 2.75) is 131 Å². The Morgan fingerprint density at radius 3 is 1.17 bits per heavy atom. The van der Waals surface area contributed by atoms with E-state index in [4.69, 9.17) is 4.74 Å². The van der Waals surface area contributed by atoms with Gasteiger partial charge in [-0.15, -0.1) is 0 Å². The Kier molecular flexibility index (Phi) is 11.5. The molecule has 0 N–H and O–H groups in total. The summed E-state index contributed by atoms with van der Waals surface area (Å²) in [4.78, 5) is 0. The molecule has 4 unspecified atom stereocenters.